The molecule has 2 aromatic rings. The largest absolute Gasteiger partial charge is 0.493 e. The van der Waals surface area contributed by atoms with E-state index in [0.717, 1.165) is 0 Å². The highest BCUT2D eigenvalue weighted by Gasteiger charge is 2.17. The van der Waals surface area contributed by atoms with Crippen LogP contribution in [0, 0.1) is 0 Å². The molecule has 6 nitrogen and oxygen atoms in total. The van der Waals surface area contributed by atoms with Crippen molar-refractivity contribution in [1.82, 2.24) is 0 Å². The zero-order valence-corrected chi connectivity index (χ0v) is 14.6. The molecule has 132 valence electrons. The standard InChI is InChI=1S/C19H20O6/c1-22-16-7-5-12(9-18(16)24-3)14(20)11-15(21)13-6-8-17(23-2)19(10-13)25-4/h5-10H,11H2,1-4H3. The Balaban J connectivity index is 2.19. The number of rotatable bonds is 8. The van der Waals surface area contributed by atoms with Gasteiger partial charge >= 0.3 is 0 Å². The molecule has 0 aromatic heterocycles. The lowest BCUT2D eigenvalue weighted by molar-refractivity contribution is 0.0894. The van der Waals surface area contributed by atoms with E-state index in [-0.39, 0.29) is 18.0 Å². The third-order valence-corrected chi connectivity index (χ3v) is 3.73. The Morgan fingerprint density at radius 2 is 1.00 bits per heavy atom. The molecule has 0 saturated carbocycles. The van der Waals surface area contributed by atoms with Crippen LogP contribution in [0.4, 0.5) is 0 Å². The van der Waals surface area contributed by atoms with E-state index in [4.69, 9.17) is 18.9 Å². The van der Waals surface area contributed by atoms with E-state index < -0.39 is 0 Å². The summed E-state index contributed by atoms with van der Waals surface area (Å²) in [5.74, 6) is 1.30. The van der Waals surface area contributed by atoms with Crippen LogP contribution >= 0.6 is 0 Å². The summed E-state index contributed by atoms with van der Waals surface area (Å²) in [6, 6.07) is 9.59. The van der Waals surface area contributed by atoms with Gasteiger partial charge in [-0.05, 0) is 36.4 Å². The summed E-state index contributed by atoms with van der Waals surface area (Å²) in [5.41, 5.74) is 0.762. The van der Waals surface area contributed by atoms with Gasteiger partial charge < -0.3 is 18.9 Å². The SMILES string of the molecule is COc1ccc(C(=O)CC(=O)c2ccc(OC)c(OC)c2)cc1OC. The summed E-state index contributed by atoms with van der Waals surface area (Å²) in [6.45, 7) is 0. The lowest BCUT2D eigenvalue weighted by Gasteiger charge is -2.10. The quantitative estimate of drug-likeness (QED) is 0.541. The molecule has 6 heteroatoms. The van der Waals surface area contributed by atoms with Crippen molar-refractivity contribution in [1.29, 1.82) is 0 Å². The maximum atomic E-state index is 12.4. The number of methoxy groups -OCH3 is 4. The molecule has 2 aromatic carbocycles. The molecule has 0 radical (unpaired) electrons. The van der Waals surface area contributed by atoms with Gasteiger partial charge in [-0.25, -0.2) is 0 Å². The van der Waals surface area contributed by atoms with Gasteiger partial charge in [-0.15, -0.1) is 0 Å². The molecule has 0 saturated heterocycles. The van der Waals surface area contributed by atoms with E-state index >= 15 is 0 Å². The van der Waals surface area contributed by atoms with Crippen molar-refractivity contribution in [2.75, 3.05) is 28.4 Å². The second-order valence-electron chi connectivity index (χ2n) is 5.16. The van der Waals surface area contributed by atoms with Crippen LogP contribution in [-0.2, 0) is 0 Å². The molecule has 2 rings (SSSR count). The number of Topliss-reactive ketones (excluding diaryl/α,β-unsaturated/α-hetero) is 2. The predicted molar refractivity (Wildman–Crippen MR) is 92.4 cm³/mol. The number of carbonyl (C=O) groups is 2. The summed E-state index contributed by atoms with van der Waals surface area (Å²) < 4.78 is 20.6. The van der Waals surface area contributed by atoms with Crippen molar-refractivity contribution in [3.63, 3.8) is 0 Å². The minimum atomic E-state index is -0.305. The van der Waals surface area contributed by atoms with Crippen LogP contribution in [0.5, 0.6) is 23.0 Å². The van der Waals surface area contributed by atoms with E-state index in [1.807, 2.05) is 0 Å². The Morgan fingerprint density at radius 1 is 0.640 bits per heavy atom. The molecule has 0 fully saturated rings. The Morgan fingerprint density at radius 3 is 1.32 bits per heavy atom. The fraction of sp³-hybridized carbons (Fsp3) is 0.263. The number of ketones is 2. The van der Waals surface area contributed by atoms with Gasteiger partial charge in [0.2, 0.25) is 0 Å². The molecule has 0 aliphatic rings. The minimum Gasteiger partial charge on any atom is -0.493 e. The first kappa shape index (κ1) is 18.3. The fourth-order valence-corrected chi connectivity index (χ4v) is 2.37. The van der Waals surface area contributed by atoms with Crippen LogP contribution in [0.25, 0.3) is 0 Å². The molecule has 0 spiro atoms. The van der Waals surface area contributed by atoms with Crippen molar-refractivity contribution >= 4 is 11.6 Å². The van der Waals surface area contributed by atoms with E-state index in [0.29, 0.717) is 34.1 Å². The van der Waals surface area contributed by atoms with Crippen molar-refractivity contribution < 1.29 is 28.5 Å². The number of hydrogen-bond acceptors (Lipinski definition) is 6. The summed E-state index contributed by atoms with van der Waals surface area (Å²) in [5, 5.41) is 0. The first-order valence-electron chi connectivity index (χ1n) is 7.54. The topological polar surface area (TPSA) is 71.1 Å². The molecular weight excluding hydrogens is 324 g/mol. The molecule has 0 N–H and O–H groups in total. The van der Waals surface area contributed by atoms with Crippen LogP contribution in [0.3, 0.4) is 0 Å². The van der Waals surface area contributed by atoms with Crippen molar-refractivity contribution in [2.24, 2.45) is 0 Å². The van der Waals surface area contributed by atoms with Gasteiger partial charge in [-0.3, -0.25) is 9.59 Å². The number of hydrogen-bond donors (Lipinski definition) is 0. The van der Waals surface area contributed by atoms with Crippen LogP contribution < -0.4 is 18.9 Å². The van der Waals surface area contributed by atoms with E-state index in [9.17, 15) is 9.59 Å². The summed E-state index contributed by atoms with van der Waals surface area (Å²) in [6.07, 6.45) is -0.259. The van der Waals surface area contributed by atoms with Gasteiger partial charge in [0.15, 0.2) is 34.6 Å². The molecule has 0 heterocycles. The van der Waals surface area contributed by atoms with E-state index in [2.05, 4.69) is 0 Å². The van der Waals surface area contributed by atoms with Crippen LogP contribution in [0.2, 0.25) is 0 Å². The lowest BCUT2D eigenvalue weighted by atomic mass is 10.0. The first-order chi connectivity index (χ1) is 12.0. The summed E-state index contributed by atoms with van der Waals surface area (Å²) >= 11 is 0. The Labute approximate surface area is 146 Å². The molecule has 0 unspecified atom stereocenters. The van der Waals surface area contributed by atoms with Gasteiger partial charge in [-0.2, -0.15) is 0 Å². The molecule has 0 aliphatic heterocycles. The Kier molecular flexibility index (Phi) is 6.00. The summed E-state index contributed by atoms with van der Waals surface area (Å²) in [7, 11) is 6.00. The maximum absolute atomic E-state index is 12.4. The Hall–Kier alpha value is -3.02. The van der Waals surface area contributed by atoms with Gasteiger partial charge in [0.25, 0.3) is 0 Å². The van der Waals surface area contributed by atoms with E-state index in [1.165, 1.54) is 28.4 Å². The molecular formula is C19H20O6. The Bertz CT molecular complexity index is 716. The van der Waals surface area contributed by atoms with Crippen molar-refractivity contribution in [2.45, 2.75) is 6.42 Å². The highest BCUT2D eigenvalue weighted by molar-refractivity contribution is 6.13. The van der Waals surface area contributed by atoms with Crippen LogP contribution in [-0.4, -0.2) is 40.0 Å². The zero-order chi connectivity index (χ0) is 18.4. The van der Waals surface area contributed by atoms with Gasteiger partial charge in [0.05, 0.1) is 34.9 Å². The van der Waals surface area contributed by atoms with Gasteiger partial charge in [0, 0.05) is 11.1 Å². The third kappa shape index (κ3) is 4.09. The zero-order valence-electron chi connectivity index (χ0n) is 14.6. The fourth-order valence-electron chi connectivity index (χ4n) is 2.37. The smallest absolute Gasteiger partial charge is 0.170 e. The second-order valence-corrected chi connectivity index (χ2v) is 5.16. The number of ether oxygens (including phenoxy) is 4. The monoisotopic (exact) mass is 344 g/mol. The lowest BCUT2D eigenvalue weighted by Crippen LogP contribution is -2.09. The highest BCUT2D eigenvalue weighted by atomic mass is 16.5. The molecule has 0 atom stereocenters. The van der Waals surface area contributed by atoms with Crippen molar-refractivity contribution in [3.8, 4) is 23.0 Å². The summed E-state index contributed by atoms with van der Waals surface area (Å²) in [4.78, 5) is 24.8. The number of carbonyl (C=O) groups excluding carboxylic acids is 2. The minimum absolute atomic E-state index is 0.259. The number of benzene rings is 2. The average molecular weight is 344 g/mol. The second kappa shape index (κ2) is 8.19. The maximum Gasteiger partial charge on any atom is 0.170 e. The first-order valence-corrected chi connectivity index (χ1v) is 7.54. The van der Waals surface area contributed by atoms with Crippen LogP contribution in [0.1, 0.15) is 27.1 Å². The highest BCUT2D eigenvalue weighted by Crippen LogP contribution is 2.30. The van der Waals surface area contributed by atoms with Gasteiger partial charge in [-0.1, -0.05) is 0 Å². The van der Waals surface area contributed by atoms with Crippen molar-refractivity contribution in [3.05, 3.63) is 47.5 Å². The van der Waals surface area contributed by atoms with Gasteiger partial charge in [0.1, 0.15) is 0 Å². The average Bonchev–Trinajstić information content (AvgIpc) is 2.66. The molecule has 0 aliphatic carbocycles. The van der Waals surface area contributed by atoms with Crippen LogP contribution in [0.15, 0.2) is 36.4 Å². The predicted octanol–water partition coefficient (Wildman–Crippen LogP) is 3.18. The third-order valence-electron chi connectivity index (χ3n) is 3.73. The molecule has 0 amide bonds. The molecule has 25 heavy (non-hydrogen) atoms. The normalized spacial score (nSPS) is 10.1. The van der Waals surface area contributed by atoms with E-state index in [1.54, 1.807) is 36.4 Å². The molecule has 0 bridgehead atoms.